The van der Waals surface area contributed by atoms with E-state index in [2.05, 4.69) is 64.5 Å². The zero-order chi connectivity index (χ0) is 14.0. The average Bonchev–Trinajstić information content (AvgIpc) is 2.81. The van der Waals surface area contributed by atoms with E-state index < -0.39 is 0 Å². The highest BCUT2D eigenvalue weighted by atomic mass is 79.9. The second-order valence-electron chi connectivity index (χ2n) is 5.36. The van der Waals surface area contributed by atoms with Crippen molar-refractivity contribution in [2.75, 3.05) is 0 Å². The first-order chi connectivity index (χ1) is 8.99. The van der Waals surface area contributed by atoms with Crippen molar-refractivity contribution >= 4 is 15.9 Å². The molecule has 1 aromatic heterocycles. The number of imidazole rings is 1. The molecule has 0 fully saturated rings. The number of hydrogen-bond acceptors (Lipinski definition) is 2. The highest BCUT2D eigenvalue weighted by Crippen LogP contribution is 2.24. The summed E-state index contributed by atoms with van der Waals surface area (Å²) in [5.74, 6) is 0.574. The van der Waals surface area contributed by atoms with Crippen LogP contribution < -0.4 is 5.73 Å². The summed E-state index contributed by atoms with van der Waals surface area (Å²) in [5.41, 5.74) is 9.65. The van der Waals surface area contributed by atoms with Gasteiger partial charge in [-0.3, -0.25) is 0 Å². The molecule has 0 bridgehead atoms. The third-order valence-electron chi connectivity index (χ3n) is 3.19. The van der Waals surface area contributed by atoms with E-state index in [1.807, 2.05) is 12.5 Å². The third kappa shape index (κ3) is 3.25. The molecule has 1 atom stereocenters. The highest BCUT2D eigenvalue weighted by Gasteiger charge is 2.14. The van der Waals surface area contributed by atoms with Crippen molar-refractivity contribution < 1.29 is 0 Å². The van der Waals surface area contributed by atoms with Crippen molar-refractivity contribution in [3.63, 3.8) is 0 Å². The molecular formula is C15H20BrN3. The van der Waals surface area contributed by atoms with Crippen molar-refractivity contribution in [1.82, 2.24) is 9.55 Å². The molecule has 2 rings (SSSR count). The van der Waals surface area contributed by atoms with Gasteiger partial charge in [0, 0.05) is 16.2 Å². The van der Waals surface area contributed by atoms with Gasteiger partial charge in [0.05, 0.1) is 18.2 Å². The molecule has 0 radical (unpaired) electrons. The van der Waals surface area contributed by atoms with Crippen LogP contribution in [0.3, 0.4) is 0 Å². The molecule has 2 N–H and O–H groups in total. The minimum Gasteiger partial charge on any atom is -0.323 e. The second kappa shape index (κ2) is 5.88. The summed E-state index contributed by atoms with van der Waals surface area (Å²) >= 11 is 3.52. The number of nitrogens with zero attached hydrogens (tertiary/aromatic N) is 2. The fourth-order valence-corrected chi connectivity index (χ4v) is 2.45. The van der Waals surface area contributed by atoms with Crippen LogP contribution in [0.4, 0.5) is 0 Å². The number of aromatic nitrogens is 2. The molecule has 1 aromatic carbocycles. The molecule has 0 aliphatic rings. The molecule has 2 aromatic rings. The summed E-state index contributed by atoms with van der Waals surface area (Å²) in [4.78, 5) is 4.25. The van der Waals surface area contributed by atoms with Crippen molar-refractivity contribution in [2.24, 2.45) is 11.7 Å². The number of rotatable bonds is 4. The largest absolute Gasteiger partial charge is 0.323 e. The Balaban J connectivity index is 2.35. The molecule has 1 heterocycles. The van der Waals surface area contributed by atoms with Gasteiger partial charge in [0.2, 0.25) is 0 Å². The molecule has 0 saturated heterocycles. The van der Waals surface area contributed by atoms with Crippen molar-refractivity contribution in [3.05, 3.63) is 46.5 Å². The minimum absolute atomic E-state index is 0.0199. The Morgan fingerprint density at radius 2 is 2.11 bits per heavy atom. The Hall–Kier alpha value is -1.13. The van der Waals surface area contributed by atoms with Gasteiger partial charge in [-0.2, -0.15) is 0 Å². The van der Waals surface area contributed by atoms with Crippen molar-refractivity contribution in [2.45, 2.75) is 33.2 Å². The summed E-state index contributed by atoms with van der Waals surface area (Å²) in [6.07, 6.45) is 4.66. The minimum atomic E-state index is 0.0199. The van der Waals surface area contributed by atoms with Crippen LogP contribution in [0.2, 0.25) is 0 Å². The first-order valence-electron chi connectivity index (χ1n) is 6.53. The number of halogens is 1. The van der Waals surface area contributed by atoms with Gasteiger partial charge in [0.1, 0.15) is 0 Å². The fraction of sp³-hybridized carbons (Fsp3) is 0.400. The van der Waals surface area contributed by atoms with E-state index in [1.54, 1.807) is 0 Å². The van der Waals surface area contributed by atoms with E-state index in [1.165, 1.54) is 5.56 Å². The number of hydrogen-bond donors (Lipinski definition) is 1. The lowest BCUT2D eigenvalue weighted by atomic mass is 10.0. The predicted molar refractivity (Wildman–Crippen MR) is 82.4 cm³/mol. The first kappa shape index (κ1) is 14.3. The summed E-state index contributed by atoms with van der Waals surface area (Å²) in [6, 6.07) is 6.29. The predicted octanol–water partition coefficient (Wildman–Crippen LogP) is 3.99. The van der Waals surface area contributed by atoms with Crippen molar-refractivity contribution in [3.8, 4) is 5.69 Å². The van der Waals surface area contributed by atoms with E-state index in [0.717, 1.165) is 22.3 Å². The monoisotopic (exact) mass is 321 g/mol. The molecular weight excluding hydrogens is 302 g/mol. The molecule has 3 nitrogen and oxygen atoms in total. The number of nitrogens with two attached hydrogens (primary N) is 1. The number of benzene rings is 1. The Morgan fingerprint density at radius 1 is 1.37 bits per heavy atom. The van der Waals surface area contributed by atoms with Crippen LogP contribution in [0, 0.1) is 12.8 Å². The van der Waals surface area contributed by atoms with Gasteiger partial charge in [0.25, 0.3) is 0 Å². The Kier molecular flexibility index (Phi) is 4.42. The smallest absolute Gasteiger partial charge is 0.0994 e. The quantitative estimate of drug-likeness (QED) is 0.925. The van der Waals surface area contributed by atoms with Gasteiger partial charge in [-0.25, -0.2) is 4.98 Å². The van der Waals surface area contributed by atoms with Gasteiger partial charge >= 0.3 is 0 Å². The Bertz CT molecular complexity index is 560. The summed E-state index contributed by atoms with van der Waals surface area (Å²) in [6.45, 7) is 6.45. The summed E-state index contributed by atoms with van der Waals surface area (Å²) in [7, 11) is 0. The molecule has 0 saturated carbocycles. The molecule has 19 heavy (non-hydrogen) atoms. The highest BCUT2D eigenvalue weighted by molar-refractivity contribution is 9.10. The van der Waals surface area contributed by atoms with E-state index >= 15 is 0 Å². The van der Waals surface area contributed by atoms with Gasteiger partial charge in [-0.1, -0.05) is 29.8 Å². The van der Waals surface area contributed by atoms with E-state index in [-0.39, 0.29) is 6.04 Å². The summed E-state index contributed by atoms with van der Waals surface area (Å²) < 4.78 is 3.19. The fourth-order valence-electron chi connectivity index (χ4n) is 2.20. The molecule has 0 aliphatic carbocycles. The second-order valence-corrected chi connectivity index (χ2v) is 6.21. The van der Waals surface area contributed by atoms with Crippen LogP contribution in [0.15, 0.2) is 35.2 Å². The van der Waals surface area contributed by atoms with E-state index in [0.29, 0.717) is 5.92 Å². The lowest BCUT2D eigenvalue weighted by molar-refractivity contribution is 0.498. The standard InChI is InChI=1S/C15H20BrN3/c1-10(2)6-14(17)15-8-18-9-19(15)12-4-5-13(16)11(3)7-12/h4-5,7-10,14H,6,17H2,1-3H3. The van der Waals surface area contributed by atoms with Crippen LogP contribution in [0.25, 0.3) is 5.69 Å². The molecule has 102 valence electrons. The maximum atomic E-state index is 6.28. The lowest BCUT2D eigenvalue weighted by Gasteiger charge is -2.17. The average molecular weight is 322 g/mol. The zero-order valence-electron chi connectivity index (χ0n) is 11.6. The maximum Gasteiger partial charge on any atom is 0.0994 e. The van der Waals surface area contributed by atoms with Gasteiger partial charge < -0.3 is 10.3 Å². The van der Waals surface area contributed by atoms with Crippen LogP contribution in [0.1, 0.15) is 37.6 Å². The number of aryl methyl sites for hydroxylation is 1. The van der Waals surface area contributed by atoms with Crippen LogP contribution in [0.5, 0.6) is 0 Å². The van der Waals surface area contributed by atoms with Gasteiger partial charge in [-0.15, -0.1) is 0 Å². The topological polar surface area (TPSA) is 43.8 Å². The first-order valence-corrected chi connectivity index (χ1v) is 7.32. The maximum absolute atomic E-state index is 6.28. The molecule has 1 unspecified atom stereocenters. The normalized spacial score (nSPS) is 12.9. The van der Waals surface area contributed by atoms with Gasteiger partial charge in [0.15, 0.2) is 0 Å². The molecule has 0 amide bonds. The Labute approximate surface area is 123 Å². The summed E-state index contributed by atoms with van der Waals surface area (Å²) in [5, 5.41) is 0. The Morgan fingerprint density at radius 3 is 2.74 bits per heavy atom. The van der Waals surface area contributed by atoms with Crippen molar-refractivity contribution in [1.29, 1.82) is 0 Å². The third-order valence-corrected chi connectivity index (χ3v) is 4.08. The van der Waals surface area contributed by atoms with E-state index in [4.69, 9.17) is 5.73 Å². The molecule has 0 aliphatic heterocycles. The molecule has 4 heteroatoms. The zero-order valence-corrected chi connectivity index (χ0v) is 13.2. The SMILES string of the molecule is Cc1cc(-n2cncc2C(N)CC(C)C)ccc1Br. The molecule has 0 spiro atoms. The van der Waals surface area contributed by atoms with Gasteiger partial charge in [-0.05, 0) is 43.0 Å². The lowest BCUT2D eigenvalue weighted by Crippen LogP contribution is -2.16. The van der Waals surface area contributed by atoms with Crippen LogP contribution in [-0.2, 0) is 0 Å². The van der Waals surface area contributed by atoms with Crippen LogP contribution >= 0.6 is 15.9 Å². The van der Waals surface area contributed by atoms with Crippen LogP contribution in [-0.4, -0.2) is 9.55 Å². The van der Waals surface area contributed by atoms with E-state index in [9.17, 15) is 0 Å².